The van der Waals surface area contributed by atoms with Crippen molar-refractivity contribution in [1.29, 1.82) is 0 Å². The van der Waals surface area contributed by atoms with Gasteiger partial charge in [0.1, 0.15) is 35.3 Å². The minimum atomic E-state index is -0.130. The molecule has 208 valence electrons. The van der Waals surface area contributed by atoms with Crippen LogP contribution >= 0.6 is 0 Å². The number of ether oxygens (including phenoxy) is 6. The number of pyridine rings is 1. The maximum absolute atomic E-state index is 13.1. The van der Waals surface area contributed by atoms with Crippen molar-refractivity contribution in [3.05, 3.63) is 66.4 Å². The molecule has 1 saturated heterocycles. The number of rotatable bonds is 13. The van der Waals surface area contributed by atoms with Crippen LogP contribution in [0.15, 0.2) is 60.8 Å². The smallest absolute Gasteiger partial charge is 0.243 e. The van der Waals surface area contributed by atoms with Crippen molar-refractivity contribution < 1.29 is 33.2 Å². The Morgan fingerprint density at radius 3 is 2.51 bits per heavy atom. The van der Waals surface area contributed by atoms with E-state index in [4.69, 9.17) is 28.4 Å². The minimum Gasteiger partial charge on any atom is -0.497 e. The molecule has 1 aliphatic heterocycles. The Bertz CT molecular complexity index is 1200. The number of aromatic nitrogens is 1. The first-order chi connectivity index (χ1) is 19.1. The number of carbonyl (C=O) groups excluding carboxylic acids is 1. The Morgan fingerprint density at radius 1 is 1.00 bits per heavy atom. The fourth-order valence-electron chi connectivity index (χ4n) is 4.24. The molecule has 1 fully saturated rings. The average Bonchev–Trinajstić information content (AvgIpc) is 2.99. The second-order valence-electron chi connectivity index (χ2n) is 8.93. The van der Waals surface area contributed by atoms with Crippen molar-refractivity contribution in [2.45, 2.75) is 45.4 Å². The number of amides is 1. The van der Waals surface area contributed by atoms with E-state index >= 15 is 0 Å². The van der Waals surface area contributed by atoms with Gasteiger partial charge in [-0.2, -0.15) is 0 Å². The highest BCUT2D eigenvalue weighted by Crippen LogP contribution is 2.34. The van der Waals surface area contributed by atoms with Crippen LogP contribution in [0.3, 0.4) is 0 Å². The van der Waals surface area contributed by atoms with Crippen LogP contribution in [-0.2, 0) is 20.8 Å². The fourth-order valence-corrected chi connectivity index (χ4v) is 4.24. The Kier molecular flexibility index (Phi) is 10.4. The molecule has 1 amide bonds. The third-order valence-electron chi connectivity index (χ3n) is 6.29. The summed E-state index contributed by atoms with van der Waals surface area (Å²) in [5, 5.41) is 0. The molecular formula is C30H36N2O7. The van der Waals surface area contributed by atoms with Gasteiger partial charge in [-0.05, 0) is 73.9 Å². The zero-order valence-corrected chi connectivity index (χ0v) is 22.8. The highest BCUT2D eigenvalue weighted by molar-refractivity contribution is 5.94. The number of benzene rings is 2. The van der Waals surface area contributed by atoms with E-state index in [-0.39, 0.29) is 18.7 Å². The highest BCUT2D eigenvalue weighted by Gasteiger charge is 2.22. The first-order valence-corrected chi connectivity index (χ1v) is 13.2. The van der Waals surface area contributed by atoms with Gasteiger partial charge in [-0.25, -0.2) is 4.98 Å². The van der Waals surface area contributed by atoms with Crippen LogP contribution < -0.4 is 23.8 Å². The number of anilines is 1. The topological polar surface area (TPSA) is 88.6 Å². The Balaban J connectivity index is 1.44. The number of nitrogens with zero attached hydrogens (tertiary/aromatic N) is 2. The summed E-state index contributed by atoms with van der Waals surface area (Å²) in [5.41, 5.74) is 1.35. The molecule has 0 aliphatic carbocycles. The molecule has 9 heteroatoms. The maximum atomic E-state index is 13.1. The van der Waals surface area contributed by atoms with Gasteiger partial charge in [0.05, 0.1) is 27.4 Å². The standard InChI is InChI=1S/C30H36N2O7/c1-4-28(33)32(21-22-20-25(34-2)14-15-27(22)35-3)26-8-7-16-31-30(26)39-24-12-10-23(11-13-24)36-18-19-38-29-9-5-6-17-37-29/h7-8,10-16,20,29H,4-6,9,17-19,21H2,1-3H3. The van der Waals surface area contributed by atoms with Crippen LogP contribution in [0, 0.1) is 0 Å². The number of carbonyl (C=O) groups is 1. The van der Waals surface area contributed by atoms with Crippen molar-refractivity contribution in [2.75, 3.05) is 38.9 Å². The third-order valence-corrected chi connectivity index (χ3v) is 6.29. The molecule has 2 aromatic carbocycles. The lowest BCUT2D eigenvalue weighted by atomic mass is 10.1. The van der Waals surface area contributed by atoms with E-state index in [9.17, 15) is 4.79 Å². The summed E-state index contributed by atoms with van der Waals surface area (Å²) >= 11 is 0. The summed E-state index contributed by atoms with van der Waals surface area (Å²) in [7, 11) is 3.20. The summed E-state index contributed by atoms with van der Waals surface area (Å²) in [5.74, 6) is 2.83. The van der Waals surface area contributed by atoms with Crippen molar-refractivity contribution in [3.8, 4) is 28.9 Å². The van der Waals surface area contributed by atoms with Crippen LogP contribution in [-0.4, -0.2) is 51.2 Å². The van der Waals surface area contributed by atoms with E-state index in [1.165, 1.54) is 0 Å². The van der Waals surface area contributed by atoms with E-state index in [0.29, 0.717) is 54.2 Å². The molecule has 1 aliphatic rings. The molecule has 2 heterocycles. The largest absolute Gasteiger partial charge is 0.497 e. The fraction of sp³-hybridized carbons (Fsp3) is 0.400. The third kappa shape index (κ3) is 7.84. The molecule has 0 spiro atoms. The molecule has 3 aromatic rings. The van der Waals surface area contributed by atoms with E-state index in [0.717, 1.165) is 31.4 Å². The first-order valence-electron chi connectivity index (χ1n) is 13.2. The van der Waals surface area contributed by atoms with Gasteiger partial charge in [-0.3, -0.25) is 4.79 Å². The number of hydrogen-bond acceptors (Lipinski definition) is 8. The SMILES string of the molecule is CCC(=O)N(Cc1cc(OC)ccc1OC)c1cccnc1Oc1ccc(OCCOC2CCCCO2)cc1. The quantitative estimate of drug-likeness (QED) is 0.255. The molecule has 4 rings (SSSR count). The summed E-state index contributed by atoms with van der Waals surface area (Å²) in [6, 6.07) is 16.3. The Morgan fingerprint density at radius 2 is 1.79 bits per heavy atom. The number of methoxy groups -OCH3 is 2. The lowest BCUT2D eigenvalue weighted by molar-refractivity contribution is -0.165. The second kappa shape index (κ2) is 14.4. The van der Waals surface area contributed by atoms with Crippen molar-refractivity contribution in [1.82, 2.24) is 4.98 Å². The van der Waals surface area contributed by atoms with Crippen LogP contribution in [0.4, 0.5) is 5.69 Å². The summed E-state index contributed by atoms with van der Waals surface area (Å²) in [4.78, 5) is 19.2. The molecule has 1 unspecified atom stereocenters. The minimum absolute atomic E-state index is 0.0812. The predicted molar refractivity (Wildman–Crippen MR) is 147 cm³/mol. The van der Waals surface area contributed by atoms with Gasteiger partial charge in [0.25, 0.3) is 0 Å². The van der Waals surface area contributed by atoms with Gasteiger partial charge in [-0.1, -0.05) is 6.92 Å². The van der Waals surface area contributed by atoms with Crippen molar-refractivity contribution in [2.24, 2.45) is 0 Å². The summed E-state index contributed by atoms with van der Waals surface area (Å²) in [6.45, 7) is 3.72. The molecule has 1 atom stereocenters. The van der Waals surface area contributed by atoms with Gasteiger partial charge in [0.15, 0.2) is 6.29 Å². The lowest BCUT2D eigenvalue weighted by Crippen LogP contribution is -2.30. The second-order valence-corrected chi connectivity index (χ2v) is 8.93. The van der Waals surface area contributed by atoms with Crippen LogP contribution in [0.25, 0.3) is 0 Å². The van der Waals surface area contributed by atoms with E-state index in [1.54, 1.807) is 43.5 Å². The van der Waals surface area contributed by atoms with Crippen LogP contribution in [0.1, 0.15) is 38.2 Å². The van der Waals surface area contributed by atoms with E-state index in [1.807, 2.05) is 43.3 Å². The Labute approximate surface area is 229 Å². The molecule has 0 N–H and O–H groups in total. The molecule has 39 heavy (non-hydrogen) atoms. The molecule has 1 aromatic heterocycles. The van der Waals surface area contributed by atoms with Crippen LogP contribution in [0.2, 0.25) is 0 Å². The summed E-state index contributed by atoms with van der Waals surface area (Å²) in [6.07, 6.45) is 4.96. The van der Waals surface area contributed by atoms with Gasteiger partial charge in [0, 0.05) is 24.8 Å². The average molecular weight is 537 g/mol. The molecule has 0 bridgehead atoms. The maximum Gasteiger partial charge on any atom is 0.243 e. The van der Waals surface area contributed by atoms with E-state index < -0.39 is 0 Å². The van der Waals surface area contributed by atoms with Gasteiger partial charge in [-0.15, -0.1) is 0 Å². The van der Waals surface area contributed by atoms with Gasteiger partial charge < -0.3 is 33.3 Å². The van der Waals surface area contributed by atoms with Gasteiger partial charge in [0.2, 0.25) is 11.8 Å². The van der Waals surface area contributed by atoms with Gasteiger partial charge >= 0.3 is 0 Å². The molecule has 0 radical (unpaired) electrons. The van der Waals surface area contributed by atoms with E-state index in [2.05, 4.69) is 4.98 Å². The lowest BCUT2D eigenvalue weighted by Gasteiger charge is -2.25. The predicted octanol–water partition coefficient (Wildman–Crippen LogP) is 5.76. The van der Waals surface area contributed by atoms with Crippen molar-refractivity contribution in [3.63, 3.8) is 0 Å². The zero-order chi connectivity index (χ0) is 27.5. The monoisotopic (exact) mass is 536 g/mol. The summed E-state index contributed by atoms with van der Waals surface area (Å²) < 4.78 is 34.1. The number of hydrogen-bond donors (Lipinski definition) is 0. The van der Waals surface area contributed by atoms with Crippen molar-refractivity contribution >= 4 is 11.6 Å². The molecule has 9 nitrogen and oxygen atoms in total. The zero-order valence-electron chi connectivity index (χ0n) is 22.8. The Hall–Kier alpha value is -3.82. The normalized spacial score (nSPS) is 14.9. The first kappa shape index (κ1) is 28.2. The highest BCUT2D eigenvalue weighted by atomic mass is 16.7. The molecule has 0 saturated carbocycles. The van der Waals surface area contributed by atoms with Crippen LogP contribution in [0.5, 0.6) is 28.9 Å². The molecular weight excluding hydrogens is 500 g/mol.